The Morgan fingerprint density at radius 1 is 1.43 bits per heavy atom. The lowest BCUT2D eigenvalue weighted by Crippen LogP contribution is -2.46. The summed E-state index contributed by atoms with van der Waals surface area (Å²) in [5.41, 5.74) is 0. The van der Waals surface area contributed by atoms with Gasteiger partial charge in [-0.15, -0.1) is 0 Å². The van der Waals surface area contributed by atoms with E-state index in [1.54, 1.807) is 4.90 Å². The summed E-state index contributed by atoms with van der Waals surface area (Å²) in [4.78, 5) is 14.3. The van der Waals surface area contributed by atoms with Crippen LogP contribution in [0.4, 0.5) is 0 Å². The van der Waals surface area contributed by atoms with Gasteiger partial charge in [0.2, 0.25) is 5.91 Å². The summed E-state index contributed by atoms with van der Waals surface area (Å²) >= 11 is 0. The Hall–Kier alpha value is -0.660. The highest BCUT2D eigenvalue weighted by Gasteiger charge is 2.35. The molecule has 0 aliphatic carbocycles. The molecule has 0 aromatic rings. The van der Waals surface area contributed by atoms with Gasteiger partial charge in [0.1, 0.15) is 0 Å². The monoisotopic (exact) mass is 318 g/mol. The van der Waals surface area contributed by atoms with Crippen LogP contribution in [-0.4, -0.2) is 69.1 Å². The molecule has 2 atom stereocenters. The van der Waals surface area contributed by atoms with Gasteiger partial charge in [-0.25, -0.2) is 8.42 Å². The van der Waals surface area contributed by atoms with E-state index in [0.29, 0.717) is 32.5 Å². The Balaban J connectivity index is 1.95. The van der Waals surface area contributed by atoms with Gasteiger partial charge in [-0.3, -0.25) is 4.79 Å². The molecule has 2 unspecified atom stereocenters. The van der Waals surface area contributed by atoms with Gasteiger partial charge >= 0.3 is 0 Å². The van der Waals surface area contributed by atoms with E-state index in [9.17, 15) is 13.2 Å². The SMILES string of the molecule is CCCCN(C(=O)CC1CNCCO1)C1CCS(=O)(=O)C1. The Morgan fingerprint density at radius 3 is 2.81 bits per heavy atom. The fourth-order valence-corrected chi connectivity index (χ4v) is 4.65. The predicted octanol–water partition coefficient (Wildman–Crippen LogP) is 0.181. The summed E-state index contributed by atoms with van der Waals surface area (Å²) < 4.78 is 28.9. The molecule has 0 radical (unpaired) electrons. The van der Waals surface area contributed by atoms with E-state index >= 15 is 0 Å². The minimum Gasteiger partial charge on any atom is -0.375 e. The average Bonchev–Trinajstić information content (AvgIpc) is 2.80. The van der Waals surface area contributed by atoms with Crippen molar-refractivity contribution in [3.63, 3.8) is 0 Å². The second kappa shape index (κ2) is 7.56. The van der Waals surface area contributed by atoms with Crippen molar-refractivity contribution in [3.8, 4) is 0 Å². The summed E-state index contributed by atoms with van der Waals surface area (Å²) in [6, 6.07) is -0.148. The first-order valence-corrected chi connectivity index (χ1v) is 9.66. The third kappa shape index (κ3) is 4.93. The van der Waals surface area contributed by atoms with Gasteiger partial charge in [0.15, 0.2) is 9.84 Å². The van der Waals surface area contributed by atoms with Crippen LogP contribution in [0.25, 0.3) is 0 Å². The number of carbonyl (C=O) groups is 1. The van der Waals surface area contributed by atoms with Crippen LogP contribution in [0.2, 0.25) is 0 Å². The molecule has 0 saturated carbocycles. The molecule has 2 fully saturated rings. The van der Waals surface area contributed by atoms with Gasteiger partial charge in [-0.05, 0) is 12.8 Å². The maximum absolute atomic E-state index is 12.5. The third-order valence-corrected chi connectivity index (χ3v) is 5.88. The molecule has 2 aliphatic heterocycles. The van der Waals surface area contributed by atoms with Gasteiger partial charge in [0, 0.05) is 25.7 Å². The number of amides is 1. The maximum atomic E-state index is 12.5. The zero-order valence-corrected chi connectivity index (χ0v) is 13.5. The van der Waals surface area contributed by atoms with E-state index in [-0.39, 0.29) is 29.6 Å². The van der Waals surface area contributed by atoms with Crippen molar-refractivity contribution in [1.29, 1.82) is 0 Å². The third-order valence-electron chi connectivity index (χ3n) is 4.13. The van der Waals surface area contributed by atoms with Crippen molar-refractivity contribution in [2.45, 2.75) is 44.8 Å². The Morgan fingerprint density at radius 2 is 2.24 bits per heavy atom. The second-order valence-electron chi connectivity index (χ2n) is 5.90. The molecule has 2 aliphatic rings. The van der Waals surface area contributed by atoms with Crippen molar-refractivity contribution in [3.05, 3.63) is 0 Å². The van der Waals surface area contributed by atoms with Crippen LogP contribution >= 0.6 is 0 Å². The Bertz CT molecular complexity index is 446. The van der Waals surface area contributed by atoms with Gasteiger partial charge in [-0.2, -0.15) is 0 Å². The van der Waals surface area contributed by atoms with Crippen molar-refractivity contribution >= 4 is 15.7 Å². The quantitative estimate of drug-likeness (QED) is 0.756. The number of hydrogen-bond donors (Lipinski definition) is 1. The molecule has 7 heteroatoms. The first kappa shape index (κ1) is 16.7. The predicted molar refractivity (Wildman–Crippen MR) is 80.9 cm³/mol. The fraction of sp³-hybridized carbons (Fsp3) is 0.929. The highest BCUT2D eigenvalue weighted by atomic mass is 32.2. The van der Waals surface area contributed by atoms with Crippen molar-refractivity contribution in [2.24, 2.45) is 0 Å². The van der Waals surface area contributed by atoms with Crippen LogP contribution in [0.15, 0.2) is 0 Å². The largest absolute Gasteiger partial charge is 0.375 e. The van der Waals surface area contributed by atoms with Crippen molar-refractivity contribution < 1.29 is 17.9 Å². The smallest absolute Gasteiger partial charge is 0.225 e. The number of carbonyl (C=O) groups excluding carboxylic acids is 1. The first-order chi connectivity index (χ1) is 10.0. The minimum atomic E-state index is -2.97. The standard InChI is InChI=1S/C14H26N2O4S/c1-2-3-6-16(12-4-8-21(18,19)11-12)14(17)9-13-10-15-5-7-20-13/h12-13,15H,2-11H2,1H3. The molecule has 122 valence electrons. The number of rotatable bonds is 6. The van der Waals surface area contributed by atoms with Gasteiger partial charge in [0.25, 0.3) is 0 Å². The molecule has 0 aromatic heterocycles. The first-order valence-electron chi connectivity index (χ1n) is 7.84. The summed E-state index contributed by atoms with van der Waals surface area (Å²) in [6.45, 7) is 4.87. The summed E-state index contributed by atoms with van der Waals surface area (Å²) in [5, 5.41) is 3.21. The van der Waals surface area contributed by atoms with Gasteiger partial charge in [0.05, 0.1) is 30.6 Å². The molecule has 2 heterocycles. The van der Waals surface area contributed by atoms with Crippen LogP contribution in [0.3, 0.4) is 0 Å². The van der Waals surface area contributed by atoms with E-state index in [1.165, 1.54) is 0 Å². The van der Waals surface area contributed by atoms with Crippen LogP contribution in [-0.2, 0) is 19.4 Å². The normalized spacial score (nSPS) is 28.4. The number of nitrogens with zero attached hydrogens (tertiary/aromatic N) is 1. The van der Waals surface area contributed by atoms with E-state index in [1.807, 2.05) is 0 Å². The highest BCUT2D eigenvalue weighted by molar-refractivity contribution is 7.91. The molecule has 0 bridgehead atoms. The molecular weight excluding hydrogens is 292 g/mol. The molecule has 2 rings (SSSR count). The number of nitrogens with one attached hydrogen (secondary N) is 1. The average molecular weight is 318 g/mol. The molecular formula is C14H26N2O4S. The molecule has 1 amide bonds. The lowest BCUT2D eigenvalue weighted by molar-refractivity contribution is -0.136. The number of hydrogen-bond acceptors (Lipinski definition) is 5. The second-order valence-corrected chi connectivity index (χ2v) is 8.13. The highest BCUT2D eigenvalue weighted by Crippen LogP contribution is 2.20. The van der Waals surface area contributed by atoms with Crippen LogP contribution in [0, 0.1) is 0 Å². The molecule has 0 aromatic carbocycles. The van der Waals surface area contributed by atoms with Crippen molar-refractivity contribution in [1.82, 2.24) is 10.2 Å². The van der Waals surface area contributed by atoms with Crippen LogP contribution in [0.5, 0.6) is 0 Å². The lowest BCUT2D eigenvalue weighted by atomic mass is 10.1. The summed E-state index contributed by atoms with van der Waals surface area (Å²) in [6.07, 6.45) is 2.72. The Labute approximate surface area is 127 Å². The van der Waals surface area contributed by atoms with Crippen molar-refractivity contribution in [2.75, 3.05) is 37.7 Å². The number of morpholine rings is 1. The molecule has 6 nitrogen and oxygen atoms in total. The summed E-state index contributed by atoms with van der Waals surface area (Å²) in [7, 11) is -2.97. The zero-order valence-electron chi connectivity index (χ0n) is 12.7. The number of sulfone groups is 1. The fourth-order valence-electron chi connectivity index (χ4n) is 2.92. The van der Waals surface area contributed by atoms with Crippen LogP contribution < -0.4 is 5.32 Å². The topological polar surface area (TPSA) is 75.7 Å². The molecule has 0 spiro atoms. The van der Waals surface area contributed by atoms with E-state index < -0.39 is 9.84 Å². The lowest BCUT2D eigenvalue weighted by Gasteiger charge is -2.31. The zero-order chi connectivity index (χ0) is 15.3. The van der Waals surface area contributed by atoms with E-state index in [4.69, 9.17) is 4.74 Å². The van der Waals surface area contributed by atoms with E-state index in [0.717, 1.165) is 19.4 Å². The molecule has 21 heavy (non-hydrogen) atoms. The maximum Gasteiger partial charge on any atom is 0.225 e. The Kier molecular flexibility index (Phi) is 6.01. The number of ether oxygens (including phenoxy) is 1. The van der Waals surface area contributed by atoms with Gasteiger partial charge < -0.3 is 15.0 Å². The molecule has 1 N–H and O–H groups in total. The van der Waals surface area contributed by atoms with Gasteiger partial charge in [-0.1, -0.05) is 13.3 Å². The minimum absolute atomic E-state index is 0.0271. The summed E-state index contributed by atoms with van der Waals surface area (Å²) in [5.74, 6) is 0.348. The molecule has 2 saturated heterocycles. The van der Waals surface area contributed by atoms with Crippen LogP contribution in [0.1, 0.15) is 32.6 Å². The number of unbranched alkanes of at least 4 members (excludes halogenated alkanes) is 1. The van der Waals surface area contributed by atoms with E-state index in [2.05, 4.69) is 12.2 Å².